The van der Waals surface area contributed by atoms with Gasteiger partial charge in [0.25, 0.3) is 0 Å². The van der Waals surface area contributed by atoms with Gasteiger partial charge in [-0.05, 0) is 24.8 Å². The molecule has 1 aliphatic carbocycles. The van der Waals surface area contributed by atoms with E-state index in [-0.39, 0.29) is 35.9 Å². The van der Waals surface area contributed by atoms with E-state index in [0.717, 1.165) is 12.6 Å². The number of ketones is 1. The highest BCUT2D eigenvalue weighted by Gasteiger charge is 2.56. The topological polar surface area (TPSA) is 128 Å². The van der Waals surface area contributed by atoms with E-state index < -0.39 is 29.6 Å². The molecule has 2 amide bonds. The SMILES string of the molecule is CC(=O)C(=N)c1ccccc1NCC(=O)N1[C@@H]2C[C@@H]2C[C@H]1C(=O)Nc1cncc(C(F)(F)F)n1. The number of fused-ring (bicyclic) bond motifs is 1. The molecule has 1 aromatic carbocycles. The average Bonchev–Trinajstić information content (AvgIpc) is 3.45. The van der Waals surface area contributed by atoms with Crippen LogP contribution in [0.2, 0.25) is 0 Å². The van der Waals surface area contributed by atoms with Gasteiger partial charge in [-0.3, -0.25) is 24.8 Å². The number of nitrogens with zero attached hydrogens (tertiary/aromatic N) is 3. The molecule has 34 heavy (non-hydrogen) atoms. The van der Waals surface area contributed by atoms with Crippen molar-refractivity contribution in [2.24, 2.45) is 5.92 Å². The van der Waals surface area contributed by atoms with E-state index in [1.54, 1.807) is 24.3 Å². The first-order chi connectivity index (χ1) is 16.1. The molecule has 0 spiro atoms. The van der Waals surface area contributed by atoms with Crippen LogP contribution in [0.1, 0.15) is 31.0 Å². The van der Waals surface area contributed by atoms with E-state index in [1.807, 2.05) is 0 Å². The minimum atomic E-state index is -4.70. The Kier molecular flexibility index (Phi) is 6.07. The van der Waals surface area contributed by atoms with Crippen LogP contribution in [-0.4, -0.2) is 56.8 Å². The van der Waals surface area contributed by atoms with Gasteiger partial charge in [-0.2, -0.15) is 13.2 Å². The van der Waals surface area contributed by atoms with Crippen LogP contribution in [0, 0.1) is 11.3 Å². The van der Waals surface area contributed by atoms with E-state index in [2.05, 4.69) is 20.6 Å². The molecule has 0 radical (unpaired) electrons. The lowest BCUT2D eigenvalue weighted by Crippen LogP contribution is -2.47. The number of piperidine rings is 1. The molecule has 2 aliphatic rings. The maximum atomic E-state index is 13.0. The quantitative estimate of drug-likeness (QED) is 0.529. The summed E-state index contributed by atoms with van der Waals surface area (Å²) in [5.41, 5.74) is -0.640. The van der Waals surface area contributed by atoms with Gasteiger partial charge >= 0.3 is 6.18 Å². The van der Waals surface area contributed by atoms with Crippen LogP contribution in [-0.2, 0) is 20.6 Å². The van der Waals surface area contributed by atoms with Crippen LogP contribution in [0.15, 0.2) is 36.7 Å². The summed E-state index contributed by atoms with van der Waals surface area (Å²) in [7, 11) is 0. The first-order valence-electron chi connectivity index (χ1n) is 10.5. The molecule has 0 bridgehead atoms. The monoisotopic (exact) mass is 474 g/mol. The molecule has 3 atom stereocenters. The Hall–Kier alpha value is -3.83. The molecule has 12 heteroatoms. The van der Waals surface area contributed by atoms with E-state index in [9.17, 15) is 27.6 Å². The number of amides is 2. The fourth-order valence-electron chi connectivity index (χ4n) is 4.13. The standard InChI is InChI=1S/C22H21F3N6O3/c1-11(32)20(26)13-4-2-3-5-14(13)28-10-19(33)31-15-6-12(15)7-16(31)21(34)30-18-9-27-8-17(29-18)22(23,24)25/h2-5,8-9,12,15-16,26,28H,6-7,10H2,1H3,(H,29,30,34)/t12-,15-,16+/m1/s1. The maximum absolute atomic E-state index is 13.0. The molecule has 4 rings (SSSR count). The highest BCUT2D eigenvalue weighted by atomic mass is 19.4. The lowest BCUT2D eigenvalue weighted by atomic mass is 10.1. The van der Waals surface area contributed by atoms with Crippen molar-refractivity contribution in [1.82, 2.24) is 14.9 Å². The Morgan fingerprint density at radius 2 is 1.91 bits per heavy atom. The van der Waals surface area contributed by atoms with Crippen molar-refractivity contribution < 1.29 is 27.6 Å². The molecule has 1 saturated carbocycles. The highest BCUT2D eigenvalue weighted by molar-refractivity contribution is 6.45. The van der Waals surface area contributed by atoms with E-state index >= 15 is 0 Å². The summed E-state index contributed by atoms with van der Waals surface area (Å²) in [6.07, 6.45) is -1.97. The number of alkyl halides is 3. The second-order valence-electron chi connectivity index (χ2n) is 8.22. The van der Waals surface area contributed by atoms with Crippen molar-refractivity contribution in [2.75, 3.05) is 17.2 Å². The molecule has 1 aromatic heterocycles. The first-order valence-corrected chi connectivity index (χ1v) is 10.5. The Labute approximate surface area is 192 Å². The number of rotatable bonds is 7. The Morgan fingerprint density at radius 1 is 1.18 bits per heavy atom. The van der Waals surface area contributed by atoms with Crippen molar-refractivity contribution in [3.63, 3.8) is 0 Å². The Balaban J connectivity index is 1.44. The predicted molar refractivity (Wildman–Crippen MR) is 115 cm³/mol. The number of carbonyl (C=O) groups excluding carboxylic acids is 3. The number of carbonyl (C=O) groups is 3. The molecule has 9 nitrogen and oxygen atoms in total. The van der Waals surface area contributed by atoms with Crippen LogP contribution >= 0.6 is 0 Å². The second-order valence-corrected chi connectivity index (χ2v) is 8.22. The second kappa shape index (κ2) is 8.84. The molecule has 2 heterocycles. The molecule has 1 saturated heterocycles. The molecule has 0 unspecified atom stereocenters. The summed E-state index contributed by atoms with van der Waals surface area (Å²) in [6.45, 7) is 1.10. The summed E-state index contributed by atoms with van der Waals surface area (Å²) < 4.78 is 38.6. The number of nitrogens with one attached hydrogen (secondary N) is 3. The number of aromatic nitrogens is 2. The number of hydrogen-bond acceptors (Lipinski definition) is 7. The highest BCUT2D eigenvalue weighted by Crippen LogP contribution is 2.48. The number of benzene rings is 1. The largest absolute Gasteiger partial charge is 0.434 e. The van der Waals surface area contributed by atoms with Gasteiger partial charge < -0.3 is 15.5 Å². The Morgan fingerprint density at radius 3 is 2.62 bits per heavy atom. The van der Waals surface area contributed by atoms with Gasteiger partial charge in [-0.1, -0.05) is 18.2 Å². The summed E-state index contributed by atoms with van der Waals surface area (Å²) in [5.74, 6) is -1.61. The zero-order valence-corrected chi connectivity index (χ0v) is 18.0. The first kappa shape index (κ1) is 23.3. The third-order valence-corrected chi connectivity index (χ3v) is 5.85. The number of anilines is 2. The van der Waals surface area contributed by atoms with Crippen molar-refractivity contribution >= 4 is 34.8 Å². The molecule has 2 fully saturated rings. The number of Topliss-reactive ketones (excluding diaryl/α,β-unsaturated/α-hetero) is 1. The van der Waals surface area contributed by atoms with E-state index in [1.165, 1.54) is 11.8 Å². The van der Waals surface area contributed by atoms with Gasteiger partial charge in [-0.15, -0.1) is 0 Å². The van der Waals surface area contributed by atoms with Gasteiger partial charge in [0, 0.05) is 24.2 Å². The summed E-state index contributed by atoms with van der Waals surface area (Å²) in [6, 6.07) is 5.65. The lowest BCUT2D eigenvalue weighted by molar-refractivity contribution is -0.141. The smallest absolute Gasteiger partial charge is 0.376 e. The predicted octanol–water partition coefficient (Wildman–Crippen LogP) is 2.49. The fraction of sp³-hybridized carbons (Fsp3) is 0.364. The zero-order chi connectivity index (χ0) is 24.6. The van der Waals surface area contributed by atoms with Crippen LogP contribution in [0.25, 0.3) is 0 Å². The average molecular weight is 474 g/mol. The molecule has 3 N–H and O–H groups in total. The van der Waals surface area contributed by atoms with Gasteiger partial charge in [0.2, 0.25) is 11.8 Å². The van der Waals surface area contributed by atoms with E-state index in [4.69, 9.17) is 5.41 Å². The molecule has 178 valence electrons. The van der Waals surface area contributed by atoms with E-state index in [0.29, 0.717) is 23.9 Å². The minimum absolute atomic E-state index is 0.108. The zero-order valence-electron chi connectivity index (χ0n) is 18.0. The molecular weight excluding hydrogens is 453 g/mol. The maximum Gasteiger partial charge on any atom is 0.434 e. The van der Waals surface area contributed by atoms with Gasteiger partial charge in [-0.25, -0.2) is 4.98 Å². The van der Waals surface area contributed by atoms with Gasteiger partial charge in [0.05, 0.1) is 18.9 Å². The molecular formula is C22H21F3N6O3. The summed E-state index contributed by atoms with van der Waals surface area (Å²) in [5, 5.41) is 13.2. The van der Waals surface area contributed by atoms with Crippen molar-refractivity contribution in [1.29, 1.82) is 5.41 Å². The minimum Gasteiger partial charge on any atom is -0.376 e. The van der Waals surface area contributed by atoms with Crippen LogP contribution in [0.3, 0.4) is 0 Å². The Bertz CT molecular complexity index is 1170. The number of hydrogen-bond donors (Lipinski definition) is 3. The van der Waals surface area contributed by atoms with Gasteiger partial charge in [0.15, 0.2) is 17.3 Å². The summed E-state index contributed by atoms with van der Waals surface area (Å²) in [4.78, 5) is 45.7. The molecule has 2 aromatic rings. The third-order valence-electron chi connectivity index (χ3n) is 5.85. The number of likely N-dealkylation sites (tertiary alicyclic amines) is 1. The van der Waals surface area contributed by atoms with Crippen LogP contribution < -0.4 is 10.6 Å². The lowest BCUT2D eigenvalue weighted by Gasteiger charge is -2.27. The fourth-order valence-corrected chi connectivity index (χ4v) is 4.13. The van der Waals surface area contributed by atoms with Crippen LogP contribution in [0.5, 0.6) is 0 Å². The number of para-hydroxylation sites is 1. The normalized spacial score (nSPS) is 20.9. The van der Waals surface area contributed by atoms with Crippen LogP contribution in [0.4, 0.5) is 24.7 Å². The van der Waals surface area contributed by atoms with Crippen molar-refractivity contribution in [3.05, 3.63) is 47.9 Å². The number of halogens is 3. The third kappa shape index (κ3) is 4.75. The van der Waals surface area contributed by atoms with Crippen molar-refractivity contribution in [2.45, 2.75) is 38.0 Å². The van der Waals surface area contributed by atoms with Gasteiger partial charge in [0.1, 0.15) is 11.8 Å². The summed E-state index contributed by atoms with van der Waals surface area (Å²) >= 11 is 0. The van der Waals surface area contributed by atoms with Crippen molar-refractivity contribution in [3.8, 4) is 0 Å². The molecule has 1 aliphatic heterocycles.